The second-order valence-corrected chi connectivity index (χ2v) is 10.1. The zero-order chi connectivity index (χ0) is 31.8. The first-order valence-electron chi connectivity index (χ1n) is 14.6. The largest absolute Gasteiger partial charge is 0.457 e. The molecule has 4 N–H and O–H groups in total. The van der Waals surface area contributed by atoms with E-state index in [9.17, 15) is 9.59 Å². The highest BCUT2D eigenvalue weighted by molar-refractivity contribution is 5.73. The van der Waals surface area contributed by atoms with Crippen LogP contribution in [0.2, 0.25) is 0 Å². The third-order valence-corrected chi connectivity index (χ3v) is 6.52. The fourth-order valence-corrected chi connectivity index (χ4v) is 4.18. The van der Waals surface area contributed by atoms with Crippen molar-refractivity contribution in [3.63, 3.8) is 0 Å². The number of urea groups is 2. The molecule has 0 saturated heterocycles. The molecule has 0 spiro atoms. The maximum atomic E-state index is 12.0. The monoisotopic (exact) mass is 618 g/mol. The zero-order valence-electron chi connectivity index (χ0n) is 25.0. The van der Waals surface area contributed by atoms with E-state index in [-0.39, 0.29) is 13.2 Å². The van der Waals surface area contributed by atoms with E-state index in [1.807, 2.05) is 127 Å². The number of nitrogens with one attached hydrogen (secondary N) is 4. The molecular formula is C36H34N4O6. The number of benzene rings is 5. The molecule has 0 aliphatic heterocycles. The third kappa shape index (κ3) is 10.7. The Kier molecular flexibility index (Phi) is 11.6. The van der Waals surface area contributed by atoms with E-state index in [2.05, 4.69) is 21.6 Å². The predicted octanol–water partition coefficient (Wildman–Crippen LogP) is 7.13. The first kappa shape index (κ1) is 31.6. The van der Waals surface area contributed by atoms with E-state index in [1.54, 1.807) is 6.07 Å². The van der Waals surface area contributed by atoms with E-state index in [1.165, 1.54) is 0 Å². The van der Waals surface area contributed by atoms with Crippen LogP contribution in [0.25, 0.3) is 0 Å². The molecule has 5 rings (SSSR count). The summed E-state index contributed by atoms with van der Waals surface area (Å²) < 4.78 is 12.0. The third-order valence-electron chi connectivity index (χ3n) is 6.52. The van der Waals surface area contributed by atoms with E-state index in [0.29, 0.717) is 36.1 Å². The van der Waals surface area contributed by atoms with E-state index in [0.717, 1.165) is 22.3 Å². The maximum absolute atomic E-state index is 12.0. The molecule has 0 atom stereocenters. The van der Waals surface area contributed by atoms with Gasteiger partial charge in [0.05, 0.1) is 13.2 Å². The highest BCUT2D eigenvalue weighted by Gasteiger charge is 2.06. The van der Waals surface area contributed by atoms with Gasteiger partial charge < -0.3 is 20.1 Å². The molecule has 0 aliphatic carbocycles. The summed E-state index contributed by atoms with van der Waals surface area (Å²) in [5, 5.41) is 5.51. The number of rotatable bonds is 14. The number of ether oxygens (including phenoxy) is 2. The Bertz CT molecular complexity index is 1550. The van der Waals surface area contributed by atoms with Gasteiger partial charge in [-0.3, -0.25) is 9.68 Å². The molecule has 0 fully saturated rings. The summed E-state index contributed by atoms with van der Waals surface area (Å²) in [6.07, 6.45) is 0. The minimum atomic E-state index is -0.424. The van der Waals surface area contributed by atoms with Crippen LogP contribution in [0.3, 0.4) is 0 Å². The summed E-state index contributed by atoms with van der Waals surface area (Å²) in [4.78, 5) is 34.5. The molecule has 0 radical (unpaired) electrons. The molecule has 46 heavy (non-hydrogen) atoms. The molecule has 0 saturated carbocycles. The van der Waals surface area contributed by atoms with Crippen LogP contribution in [-0.2, 0) is 36.0 Å². The summed E-state index contributed by atoms with van der Waals surface area (Å²) in [7, 11) is 0. The summed E-state index contributed by atoms with van der Waals surface area (Å²) in [5.41, 5.74) is 8.49. The van der Waals surface area contributed by atoms with Crippen molar-refractivity contribution in [1.82, 2.24) is 21.6 Å². The Morgan fingerprint density at radius 1 is 0.435 bits per heavy atom. The summed E-state index contributed by atoms with van der Waals surface area (Å²) in [6.45, 7) is 1.22. The highest BCUT2D eigenvalue weighted by Crippen LogP contribution is 2.28. The summed E-state index contributed by atoms with van der Waals surface area (Å²) in [6, 6.07) is 40.4. The molecule has 0 heterocycles. The van der Waals surface area contributed by atoms with Gasteiger partial charge in [0.1, 0.15) is 23.0 Å². The topological polar surface area (TPSA) is 119 Å². The standard InChI is InChI=1S/C36H34N4O6/c41-35(39-43-25-29-8-3-1-4-9-29)37-23-27-14-18-31(19-15-27)45-33-12-7-13-34(22-33)46-32-20-16-28(17-21-32)24-38-36(42)40-44-26-30-10-5-2-6-11-30/h1-22H,23-26H2,(H2,37,39,41)(H2,38,40,42). The molecular weight excluding hydrogens is 584 g/mol. The van der Waals surface area contributed by atoms with Crippen molar-refractivity contribution in [3.05, 3.63) is 156 Å². The Balaban J connectivity index is 1.01. The van der Waals surface area contributed by atoms with Crippen LogP contribution in [-0.4, -0.2) is 12.1 Å². The fraction of sp³-hybridized carbons (Fsp3) is 0.111. The van der Waals surface area contributed by atoms with E-state index in [4.69, 9.17) is 19.1 Å². The Hall–Kier alpha value is -5.84. The van der Waals surface area contributed by atoms with Crippen LogP contribution < -0.4 is 31.1 Å². The first-order chi connectivity index (χ1) is 22.6. The number of hydroxylamine groups is 2. The fourth-order valence-electron chi connectivity index (χ4n) is 4.18. The molecule has 234 valence electrons. The zero-order valence-corrected chi connectivity index (χ0v) is 25.0. The molecule has 0 unspecified atom stereocenters. The molecule has 0 aliphatic rings. The van der Waals surface area contributed by atoms with E-state index < -0.39 is 12.1 Å². The van der Waals surface area contributed by atoms with Gasteiger partial charge in [0, 0.05) is 19.2 Å². The molecule has 4 amide bonds. The minimum absolute atomic E-state index is 0.283. The van der Waals surface area contributed by atoms with Gasteiger partial charge in [-0.05, 0) is 58.7 Å². The number of carbonyl (C=O) groups excluding carboxylic acids is 2. The van der Waals surface area contributed by atoms with Gasteiger partial charge in [-0.1, -0.05) is 91.0 Å². The number of carbonyl (C=O) groups is 2. The second-order valence-electron chi connectivity index (χ2n) is 10.1. The molecule has 0 aromatic heterocycles. The SMILES string of the molecule is O=C(NCc1ccc(Oc2cccc(Oc3ccc(CNC(=O)NOCc4ccccc4)cc3)c2)cc1)NOCc1ccccc1. The van der Waals surface area contributed by atoms with Crippen molar-refractivity contribution < 1.29 is 28.7 Å². The first-order valence-corrected chi connectivity index (χ1v) is 14.6. The Morgan fingerprint density at radius 3 is 1.26 bits per heavy atom. The van der Waals surface area contributed by atoms with Gasteiger partial charge in [-0.15, -0.1) is 0 Å². The maximum Gasteiger partial charge on any atom is 0.338 e. The van der Waals surface area contributed by atoms with Crippen molar-refractivity contribution in [2.24, 2.45) is 0 Å². The lowest BCUT2D eigenvalue weighted by Gasteiger charge is -2.11. The molecule has 10 nitrogen and oxygen atoms in total. The van der Waals surface area contributed by atoms with Crippen molar-refractivity contribution in [2.45, 2.75) is 26.3 Å². The minimum Gasteiger partial charge on any atom is -0.457 e. The average Bonchev–Trinajstić information content (AvgIpc) is 3.09. The highest BCUT2D eigenvalue weighted by atomic mass is 16.7. The number of hydrogen-bond acceptors (Lipinski definition) is 6. The summed E-state index contributed by atoms with van der Waals surface area (Å²) >= 11 is 0. The number of amides is 4. The van der Waals surface area contributed by atoms with E-state index >= 15 is 0 Å². The predicted molar refractivity (Wildman–Crippen MR) is 173 cm³/mol. The number of hydrogen-bond donors (Lipinski definition) is 4. The Labute approximate surface area is 267 Å². The van der Waals surface area contributed by atoms with Gasteiger partial charge in [-0.25, -0.2) is 20.5 Å². The quantitative estimate of drug-likeness (QED) is 0.0983. The van der Waals surface area contributed by atoms with Crippen LogP contribution in [0.5, 0.6) is 23.0 Å². The van der Waals surface area contributed by atoms with Gasteiger partial charge in [-0.2, -0.15) is 0 Å². The lowest BCUT2D eigenvalue weighted by Crippen LogP contribution is -2.34. The van der Waals surface area contributed by atoms with Gasteiger partial charge >= 0.3 is 12.1 Å². The molecule has 10 heteroatoms. The average molecular weight is 619 g/mol. The van der Waals surface area contributed by atoms with Gasteiger partial charge in [0.25, 0.3) is 0 Å². The van der Waals surface area contributed by atoms with Crippen molar-refractivity contribution in [2.75, 3.05) is 0 Å². The van der Waals surface area contributed by atoms with Crippen LogP contribution in [0.15, 0.2) is 133 Å². The van der Waals surface area contributed by atoms with Crippen molar-refractivity contribution in [3.8, 4) is 23.0 Å². The lowest BCUT2D eigenvalue weighted by molar-refractivity contribution is 0.0489. The van der Waals surface area contributed by atoms with Crippen molar-refractivity contribution in [1.29, 1.82) is 0 Å². The molecule has 5 aromatic carbocycles. The second kappa shape index (κ2) is 16.9. The normalized spacial score (nSPS) is 10.4. The van der Waals surface area contributed by atoms with Crippen molar-refractivity contribution >= 4 is 12.1 Å². The van der Waals surface area contributed by atoms with Gasteiger partial charge in [0.2, 0.25) is 0 Å². The summed E-state index contributed by atoms with van der Waals surface area (Å²) in [5.74, 6) is 2.50. The van der Waals surface area contributed by atoms with Crippen LogP contribution in [0, 0.1) is 0 Å². The smallest absolute Gasteiger partial charge is 0.338 e. The van der Waals surface area contributed by atoms with Crippen LogP contribution in [0.1, 0.15) is 22.3 Å². The lowest BCUT2D eigenvalue weighted by atomic mass is 10.2. The molecule has 5 aromatic rings. The Morgan fingerprint density at radius 2 is 0.848 bits per heavy atom. The van der Waals surface area contributed by atoms with Crippen LogP contribution in [0.4, 0.5) is 9.59 Å². The van der Waals surface area contributed by atoms with Gasteiger partial charge in [0.15, 0.2) is 0 Å². The molecule has 0 bridgehead atoms. The van der Waals surface area contributed by atoms with Crippen LogP contribution >= 0.6 is 0 Å².